The Kier molecular flexibility index (Phi) is 9.57. The quantitative estimate of drug-likeness (QED) is 0.229. The first kappa shape index (κ1) is 20.9. The molecule has 0 radical (unpaired) electrons. The molecular weight excluding hydrogens is 334 g/mol. The smallest absolute Gasteiger partial charge is 0.149 e. The molecule has 0 saturated carbocycles. The van der Waals surface area contributed by atoms with E-state index in [2.05, 4.69) is 33.9 Å². The number of ether oxygens (including phenoxy) is 1. The highest BCUT2D eigenvalue weighted by molar-refractivity contribution is 7.99. The van der Waals surface area contributed by atoms with Gasteiger partial charge < -0.3 is 4.74 Å². The van der Waals surface area contributed by atoms with Crippen LogP contribution in [0.3, 0.4) is 0 Å². The Balaban J connectivity index is 3.05. The van der Waals surface area contributed by atoms with Gasteiger partial charge in [0.1, 0.15) is 5.84 Å². The van der Waals surface area contributed by atoms with Crippen molar-refractivity contribution in [3.63, 3.8) is 0 Å². The van der Waals surface area contributed by atoms with Gasteiger partial charge in [-0.15, -0.1) is 11.8 Å². The number of hydrogen-bond acceptors (Lipinski definition) is 5. The van der Waals surface area contributed by atoms with Gasteiger partial charge in [-0.25, -0.2) is 0 Å². The molecule has 0 unspecified atom stereocenters. The lowest BCUT2D eigenvalue weighted by molar-refractivity contribution is 0.218. The topological polar surface area (TPSA) is 63.8 Å². The number of aromatic nitrogens is 2. The summed E-state index contributed by atoms with van der Waals surface area (Å²) in [6.07, 6.45) is 7.80. The molecule has 0 aromatic carbocycles. The van der Waals surface area contributed by atoms with E-state index in [-0.39, 0.29) is 0 Å². The van der Waals surface area contributed by atoms with E-state index in [0.29, 0.717) is 18.3 Å². The highest BCUT2D eigenvalue weighted by atomic mass is 32.2. The molecular formula is C18H27N5OS. The molecule has 1 rings (SSSR count). The van der Waals surface area contributed by atoms with Gasteiger partial charge in [0.05, 0.1) is 18.2 Å². The zero-order valence-corrected chi connectivity index (χ0v) is 16.3. The van der Waals surface area contributed by atoms with Crippen LogP contribution in [0.4, 0.5) is 0 Å². The van der Waals surface area contributed by atoms with Crippen LogP contribution in [-0.4, -0.2) is 47.7 Å². The Morgan fingerprint density at radius 3 is 2.80 bits per heavy atom. The molecule has 7 heteroatoms. The van der Waals surface area contributed by atoms with Gasteiger partial charge in [0.25, 0.3) is 0 Å². The summed E-state index contributed by atoms with van der Waals surface area (Å²) < 4.78 is 6.84. The van der Waals surface area contributed by atoms with Crippen LogP contribution < -0.4 is 5.43 Å². The first-order valence-corrected chi connectivity index (χ1v) is 9.07. The van der Waals surface area contributed by atoms with Crippen molar-refractivity contribution in [2.45, 2.75) is 13.8 Å². The van der Waals surface area contributed by atoms with Gasteiger partial charge in [0.15, 0.2) is 0 Å². The van der Waals surface area contributed by atoms with E-state index in [0.717, 1.165) is 28.2 Å². The van der Waals surface area contributed by atoms with E-state index < -0.39 is 0 Å². The van der Waals surface area contributed by atoms with E-state index in [1.807, 2.05) is 45.3 Å². The van der Waals surface area contributed by atoms with Gasteiger partial charge in [-0.3, -0.25) is 15.1 Å². The molecule has 0 amide bonds. The van der Waals surface area contributed by atoms with Crippen molar-refractivity contribution in [1.29, 1.82) is 0 Å². The Hall–Kier alpha value is -2.12. The fourth-order valence-electron chi connectivity index (χ4n) is 2.17. The Bertz CT molecular complexity index is 673. The highest BCUT2D eigenvalue weighted by Gasteiger charge is 2.09. The molecule has 136 valence electrons. The zero-order valence-electron chi connectivity index (χ0n) is 15.5. The highest BCUT2D eigenvalue weighted by Crippen LogP contribution is 2.21. The molecule has 6 nitrogen and oxygen atoms in total. The maximum atomic E-state index is 5.04. The minimum atomic E-state index is 0.613. The molecule has 0 saturated heterocycles. The summed E-state index contributed by atoms with van der Waals surface area (Å²) in [5, 5.41) is 8.16. The number of aliphatic imine (C=N–C) groups is 1. The standard InChI is InChI=1S/C18H27N5OS/c1-7-15(17-12-23(5)22-14(17)3)11-16(8-2)18(21-19-4)20-13-25-10-9-24-6/h7-8,11-12H,1,4,9-10,13H2,2-3,5-6H3,(H,20,21)/b15-11+,16-8+. The second kappa shape index (κ2) is 11.4. The number of thioether (sulfide) groups is 1. The number of hydrogen-bond donors (Lipinski definition) is 1. The van der Waals surface area contributed by atoms with Gasteiger partial charge >= 0.3 is 0 Å². The maximum absolute atomic E-state index is 5.04. The van der Waals surface area contributed by atoms with Gasteiger partial charge in [0.2, 0.25) is 0 Å². The zero-order chi connectivity index (χ0) is 18.7. The number of allylic oxidation sites excluding steroid dienone is 3. The number of rotatable bonds is 10. The van der Waals surface area contributed by atoms with Crippen LogP contribution in [0.25, 0.3) is 5.57 Å². The van der Waals surface area contributed by atoms with Crippen LogP contribution in [0.15, 0.2) is 46.7 Å². The van der Waals surface area contributed by atoms with Gasteiger partial charge in [-0.2, -0.15) is 10.2 Å². The Morgan fingerprint density at radius 1 is 1.52 bits per heavy atom. The molecule has 0 aliphatic heterocycles. The average molecular weight is 362 g/mol. The molecule has 0 atom stereocenters. The van der Waals surface area contributed by atoms with E-state index in [9.17, 15) is 0 Å². The normalized spacial score (nSPS) is 13.0. The van der Waals surface area contributed by atoms with Gasteiger partial charge in [-0.1, -0.05) is 18.7 Å². The number of amidine groups is 1. The van der Waals surface area contributed by atoms with Crippen LogP contribution in [0, 0.1) is 6.92 Å². The Morgan fingerprint density at radius 2 is 2.28 bits per heavy atom. The van der Waals surface area contributed by atoms with Crippen LogP contribution in [0.5, 0.6) is 0 Å². The minimum Gasteiger partial charge on any atom is -0.384 e. The van der Waals surface area contributed by atoms with E-state index >= 15 is 0 Å². The summed E-state index contributed by atoms with van der Waals surface area (Å²) in [6, 6.07) is 0. The number of hydrazone groups is 1. The lowest BCUT2D eigenvalue weighted by Crippen LogP contribution is -2.19. The Labute approximate surface area is 154 Å². The third-order valence-electron chi connectivity index (χ3n) is 3.37. The molecule has 1 aromatic rings. The summed E-state index contributed by atoms with van der Waals surface area (Å²) >= 11 is 1.69. The largest absolute Gasteiger partial charge is 0.384 e. The molecule has 0 aliphatic carbocycles. The molecule has 0 fully saturated rings. The van der Waals surface area contributed by atoms with Gasteiger partial charge in [-0.05, 0) is 25.5 Å². The summed E-state index contributed by atoms with van der Waals surface area (Å²) in [4.78, 5) is 4.58. The van der Waals surface area contributed by atoms with Crippen LogP contribution in [0.1, 0.15) is 18.2 Å². The second-order valence-corrected chi connectivity index (χ2v) is 6.23. The number of aryl methyl sites for hydroxylation is 2. The summed E-state index contributed by atoms with van der Waals surface area (Å²) in [5.74, 6) is 2.17. The number of nitrogens with one attached hydrogen (secondary N) is 1. The van der Waals surface area contributed by atoms with Gasteiger partial charge in [0, 0.05) is 44.0 Å². The lowest BCUT2D eigenvalue weighted by Gasteiger charge is -2.09. The first-order chi connectivity index (χ1) is 12.1. The molecule has 1 N–H and O–H groups in total. The molecule has 1 heterocycles. The summed E-state index contributed by atoms with van der Waals surface area (Å²) in [7, 11) is 3.60. The van der Waals surface area contributed by atoms with E-state index in [4.69, 9.17) is 4.74 Å². The number of methoxy groups -OCH3 is 1. The van der Waals surface area contributed by atoms with Crippen LogP contribution >= 0.6 is 11.8 Å². The lowest BCUT2D eigenvalue weighted by atomic mass is 10.0. The summed E-state index contributed by atoms with van der Waals surface area (Å²) in [5.41, 5.74) is 6.76. The van der Waals surface area contributed by atoms with Crippen LogP contribution in [-0.2, 0) is 11.8 Å². The monoisotopic (exact) mass is 361 g/mol. The van der Waals surface area contributed by atoms with Crippen molar-refractivity contribution in [3.05, 3.63) is 47.8 Å². The molecule has 25 heavy (non-hydrogen) atoms. The van der Waals surface area contributed by atoms with Crippen molar-refractivity contribution in [1.82, 2.24) is 15.2 Å². The average Bonchev–Trinajstić information content (AvgIpc) is 2.93. The number of nitrogens with zero attached hydrogens (tertiary/aromatic N) is 4. The van der Waals surface area contributed by atoms with Crippen molar-refractivity contribution in [2.75, 3.05) is 25.3 Å². The third-order valence-corrected chi connectivity index (χ3v) is 4.14. The van der Waals surface area contributed by atoms with Crippen molar-refractivity contribution in [2.24, 2.45) is 17.1 Å². The fourth-order valence-corrected chi connectivity index (χ4v) is 2.80. The fraction of sp³-hybridized carbons (Fsp3) is 0.389. The maximum Gasteiger partial charge on any atom is 0.149 e. The van der Waals surface area contributed by atoms with Crippen LogP contribution in [0.2, 0.25) is 0 Å². The molecule has 1 aromatic heterocycles. The minimum absolute atomic E-state index is 0.613. The predicted molar refractivity (Wildman–Crippen MR) is 109 cm³/mol. The predicted octanol–water partition coefficient (Wildman–Crippen LogP) is 3.19. The van der Waals surface area contributed by atoms with E-state index in [1.165, 1.54) is 0 Å². The third kappa shape index (κ3) is 6.72. The second-order valence-electron chi connectivity index (χ2n) is 5.16. The molecule has 0 spiro atoms. The first-order valence-electron chi connectivity index (χ1n) is 7.91. The van der Waals surface area contributed by atoms with Crippen molar-refractivity contribution < 1.29 is 4.74 Å². The molecule has 0 bridgehead atoms. The summed E-state index contributed by atoms with van der Waals surface area (Å²) in [6.45, 7) is 12.1. The SMILES string of the molecule is C=C/C(=C\C(=C/C)C(=NCSCCOC)NN=C)c1cn(C)nc1C. The van der Waals surface area contributed by atoms with Crippen molar-refractivity contribution >= 4 is 29.9 Å². The molecule has 0 aliphatic rings. The van der Waals surface area contributed by atoms with E-state index in [1.54, 1.807) is 23.6 Å². The van der Waals surface area contributed by atoms with Crippen molar-refractivity contribution in [3.8, 4) is 0 Å².